The third kappa shape index (κ3) is 1.55. The van der Waals surface area contributed by atoms with Crippen LogP contribution in [-0.2, 0) is 4.79 Å². The molecule has 1 aliphatic heterocycles. The highest BCUT2D eigenvalue weighted by atomic mass is 16.2. The summed E-state index contributed by atoms with van der Waals surface area (Å²) in [6, 6.07) is 8.16. The summed E-state index contributed by atoms with van der Waals surface area (Å²) in [4.78, 5) is 13.7. The van der Waals surface area contributed by atoms with Crippen LogP contribution in [0.4, 0.5) is 11.4 Å². The first kappa shape index (κ1) is 10.1. The van der Waals surface area contributed by atoms with Gasteiger partial charge in [0.1, 0.15) is 0 Å². The molecule has 1 N–H and O–H groups in total. The van der Waals surface area contributed by atoms with Crippen molar-refractivity contribution in [2.75, 3.05) is 10.2 Å². The van der Waals surface area contributed by atoms with Gasteiger partial charge >= 0.3 is 0 Å². The predicted molar refractivity (Wildman–Crippen MR) is 69.1 cm³/mol. The van der Waals surface area contributed by atoms with Gasteiger partial charge in [-0.1, -0.05) is 36.4 Å². The van der Waals surface area contributed by atoms with E-state index in [2.05, 4.69) is 17.5 Å². The van der Waals surface area contributed by atoms with E-state index in [1.165, 1.54) is 0 Å². The molecule has 0 saturated heterocycles. The number of amides is 1. The van der Waals surface area contributed by atoms with Gasteiger partial charge in [0, 0.05) is 6.92 Å². The second-order valence-electron chi connectivity index (χ2n) is 4.34. The van der Waals surface area contributed by atoms with Gasteiger partial charge in [-0.25, -0.2) is 0 Å². The van der Waals surface area contributed by atoms with Crippen molar-refractivity contribution in [2.45, 2.75) is 19.0 Å². The Bertz CT molecular complexity index is 519. The molecule has 0 fully saturated rings. The van der Waals surface area contributed by atoms with Gasteiger partial charge in [0.15, 0.2) is 0 Å². The Balaban J connectivity index is 2.12. The van der Waals surface area contributed by atoms with Crippen molar-refractivity contribution in [3.05, 3.63) is 48.6 Å². The number of benzene rings is 1. The van der Waals surface area contributed by atoms with Gasteiger partial charge in [-0.05, 0) is 12.1 Å². The van der Waals surface area contributed by atoms with Crippen LogP contribution in [0.15, 0.2) is 48.6 Å². The predicted octanol–water partition coefficient (Wildman–Crippen LogP) is 2.33. The van der Waals surface area contributed by atoms with E-state index in [0.29, 0.717) is 0 Å². The van der Waals surface area contributed by atoms with Crippen LogP contribution >= 0.6 is 0 Å². The minimum atomic E-state index is 0.0763. The maximum absolute atomic E-state index is 11.9. The highest BCUT2D eigenvalue weighted by molar-refractivity contribution is 5.97. The Morgan fingerprint density at radius 3 is 2.82 bits per heavy atom. The highest BCUT2D eigenvalue weighted by Crippen LogP contribution is 2.35. The lowest BCUT2D eigenvalue weighted by Gasteiger charge is -2.41. The van der Waals surface area contributed by atoms with Crippen LogP contribution in [-0.4, -0.2) is 18.0 Å². The molecule has 0 saturated carbocycles. The molecule has 1 aromatic rings. The first-order valence-corrected chi connectivity index (χ1v) is 5.78. The minimum absolute atomic E-state index is 0.0763. The first-order chi connectivity index (χ1) is 8.27. The van der Waals surface area contributed by atoms with Crippen molar-refractivity contribution in [1.82, 2.24) is 0 Å². The van der Waals surface area contributed by atoms with Crippen molar-refractivity contribution >= 4 is 17.3 Å². The number of rotatable bonds is 0. The van der Waals surface area contributed by atoms with Crippen LogP contribution in [0, 0.1) is 0 Å². The van der Waals surface area contributed by atoms with Gasteiger partial charge in [-0.3, -0.25) is 4.79 Å². The Morgan fingerprint density at radius 1 is 1.24 bits per heavy atom. The number of anilines is 2. The maximum atomic E-state index is 11.9. The van der Waals surface area contributed by atoms with E-state index in [9.17, 15) is 4.79 Å². The van der Waals surface area contributed by atoms with E-state index in [1.807, 2.05) is 41.3 Å². The monoisotopic (exact) mass is 226 g/mol. The average Bonchev–Trinajstić information content (AvgIpc) is 2.35. The van der Waals surface area contributed by atoms with Crippen molar-refractivity contribution in [3.8, 4) is 0 Å². The van der Waals surface area contributed by atoms with Gasteiger partial charge in [-0.15, -0.1) is 0 Å². The Hall–Kier alpha value is -2.03. The molecule has 1 heterocycles. The molecule has 1 aliphatic carbocycles. The quantitative estimate of drug-likeness (QED) is 0.736. The largest absolute Gasteiger partial charge is 0.375 e. The van der Waals surface area contributed by atoms with Crippen molar-refractivity contribution in [1.29, 1.82) is 0 Å². The van der Waals surface area contributed by atoms with Crippen LogP contribution < -0.4 is 10.2 Å². The molecule has 0 radical (unpaired) electrons. The lowest BCUT2D eigenvalue weighted by atomic mass is 9.96. The Morgan fingerprint density at radius 2 is 2.00 bits per heavy atom. The number of hydrogen-bond donors (Lipinski definition) is 1. The molecule has 2 aliphatic rings. The molecule has 0 aromatic heterocycles. The first-order valence-electron chi connectivity index (χ1n) is 5.78. The highest BCUT2D eigenvalue weighted by Gasteiger charge is 2.33. The number of carbonyl (C=O) groups is 1. The summed E-state index contributed by atoms with van der Waals surface area (Å²) >= 11 is 0. The number of hydrogen-bond acceptors (Lipinski definition) is 2. The van der Waals surface area contributed by atoms with Crippen molar-refractivity contribution in [2.24, 2.45) is 0 Å². The lowest BCUT2D eigenvalue weighted by Crippen LogP contribution is -2.51. The van der Waals surface area contributed by atoms with Crippen LogP contribution in [0.25, 0.3) is 0 Å². The average molecular weight is 226 g/mol. The fourth-order valence-electron chi connectivity index (χ4n) is 2.50. The molecule has 86 valence electrons. The van der Waals surface area contributed by atoms with Crippen LogP contribution in [0.1, 0.15) is 6.92 Å². The number of nitrogens with one attached hydrogen (secondary N) is 1. The Labute approximate surface area is 100 Å². The second kappa shape index (κ2) is 3.77. The zero-order valence-electron chi connectivity index (χ0n) is 9.63. The number of fused-ring (bicyclic) bond motifs is 2. The fraction of sp³-hybridized carbons (Fsp3) is 0.214. The smallest absolute Gasteiger partial charge is 0.224 e. The minimum Gasteiger partial charge on any atom is -0.375 e. The molecular weight excluding hydrogens is 212 g/mol. The number of allylic oxidation sites excluding steroid dienone is 2. The topological polar surface area (TPSA) is 32.3 Å². The van der Waals surface area contributed by atoms with Gasteiger partial charge in [0.05, 0.1) is 23.5 Å². The van der Waals surface area contributed by atoms with E-state index in [4.69, 9.17) is 0 Å². The number of nitrogens with zero attached hydrogens (tertiary/aromatic N) is 1. The third-order valence-electron chi connectivity index (χ3n) is 3.23. The summed E-state index contributed by atoms with van der Waals surface area (Å²) in [5.74, 6) is 0.0777. The summed E-state index contributed by atoms with van der Waals surface area (Å²) < 4.78 is 0. The van der Waals surface area contributed by atoms with E-state index in [0.717, 1.165) is 11.4 Å². The zero-order chi connectivity index (χ0) is 11.8. The summed E-state index contributed by atoms with van der Waals surface area (Å²) in [5.41, 5.74) is 1.98. The molecule has 1 aromatic carbocycles. The van der Waals surface area contributed by atoms with Crippen molar-refractivity contribution in [3.63, 3.8) is 0 Å². The van der Waals surface area contributed by atoms with E-state index >= 15 is 0 Å². The molecule has 0 spiro atoms. The van der Waals surface area contributed by atoms with Gasteiger partial charge in [0.2, 0.25) is 5.91 Å². The maximum Gasteiger partial charge on any atom is 0.224 e. The fourth-order valence-corrected chi connectivity index (χ4v) is 2.50. The zero-order valence-corrected chi connectivity index (χ0v) is 9.63. The lowest BCUT2D eigenvalue weighted by molar-refractivity contribution is -0.116. The summed E-state index contributed by atoms with van der Waals surface area (Å²) in [6.45, 7) is 1.62. The molecule has 2 atom stereocenters. The van der Waals surface area contributed by atoms with E-state index in [-0.39, 0.29) is 18.0 Å². The van der Waals surface area contributed by atoms with Crippen LogP contribution in [0.3, 0.4) is 0 Å². The van der Waals surface area contributed by atoms with Gasteiger partial charge in [0.25, 0.3) is 0 Å². The molecule has 3 rings (SSSR count). The van der Waals surface area contributed by atoms with Crippen molar-refractivity contribution < 1.29 is 4.79 Å². The van der Waals surface area contributed by atoms with Gasteiger partial charge in [-0.2, -0.15) is 0 Å². The standard InChI is InChI=1S/C14H14N2O/c1-10(17)16-13-8-4-2-6-11(13)15-12-7-3-5-9-14(12)16/h2-9,11,13,15H,1H3. The Kier molecular flexibility index (Phi) is 2.25. The molecule has 3 heteroatoms. The molecule has 1 amide bonds. The SMILES string of the molecule is CC(=O)N1c2ccccc2NC2C=CC=CC21. The molecule has 3 nitrogen and oxygen atoms in total. The van der Waals surface area contributed by atoms with Crippen LogP contribution in [0.2, 0.25) is 0 Å². The summed E-state index contributed by atoms with van der Waals surface area (Å²) in [6.07, 6.45) is 8.17. The molecule has 0 bridgehead atoms. The van der Waals surface area contributed by atoms with Gasteiger partial charge < -0.3 is 10.2 Å². The summed E-state index contributed by atoms with van der Waals surface area (Å²) in [7, 11) is 0. The number of para-hydroxylation sites is 2. The summed E-state index contributed by atoms with van der Waals surface area (Å²) in [5, 5.41) is 3.45. The molecule has 17 heavy (non-hydrogen) atoms. The van der Waals surface area contributed by atoms with E-state index in [1.54, 1.807) is 6.92 Å². The number of carbonyl (C=O) groups excluding carboxylic acids is 1. The van der Waals surface area contributed by atoms with E-state index < -0.39 is 0 Å². The third-order valence-corrected chi connectivity index (χ3v) is 3.23. The molecular formula is C14H14N2O. The van der Waals surface area contributed by atoms with Crippen LogP contribution in [0.5, 0.6) is 0 Å². The second-order valence-corrected chi connectivity index (χ2v) is 4.34. The normalized spacial score (nSPS) is 24.9. The molecule has 2 unspecified atom stereocenters.